The third kappa shape index (κ3) is 43.5. The Balaban J connectivity index is -0.0000000256. The Morgan fingerprint density at radius 3 is 1.08 bits per heavy atom. The molecule has 9 heteroatoms. The first kappa shape index (κ1) is 29.2. The highest BCUT2D eigenvalue weighted by Crippen LogP contribution is 1.98. The molecule has 1 heterocycles. The number of rotatable bonds is 0. The van der Waals surface area contributed by atoms with E-state index in [1.165, 1.54) is 12.8 Å². The summed E-state index contributed by atoms with van der Waals surface area (Å²) in [7, 11) is -2.17. The van der Waals surface area contributed by atoms with Crippen LogP contribution in [0.1, 0.15) is 12.8 Å². The van der Waals surface area contributed by atoms with Gasteiger partial charge in [-0.15, -0.1) is 49.6 Å². The first-order chi connectivity index (χ1) is 4.23. The summed E-state index contributed by atoms with van der Waals surface area (Å²) >= 11 is 0. The molecule has 0 unspecified atom stereocenters. The monoisotopic (exact) mass is 278 g/mol. The number of hydrogen-bond donors (Lipinski definition) is 3. The van der Waals surface area contributed by atoms with Crippen molar-refractivity contribution >= 4 is 56.9 Å². The van der Waals surface area contributed by atoms with Crippen molar-refractivity contribution in [1.29, 1.82) is 0 Å². The molecule has 0 bridgehead atoms. The van der Waals surface area contributed by atoms with E-state index in [0.717, 1.165) is 13.2 Å². The van der Waals surface area contributed by atoms with Crippen molar-refractivity contribution in [2.24, 2.45) is 0 Å². The minimum Gasteiger partial charge on any atom is -0.402 e. The molecule has 0 aromatic heterocycles. The minimum atomic E-state index is -2.17. The van der Waals surface area contributed by atoms with Crippen LogP contribution in [-0.2, 0) is 4.74 Å². The molecule has 4 nitrogen and oxygen atoms in total. The lowest BCUT2D eigenvalue weighted by Gasteiger charge is -1.76. The number of halogens is 4. The molecule has 3 N–H and O–H groups in total. The van der Waals surface area contributed by atoms with Crippen LogP contribution in [0.15, 0.2) is 0 Å². The molecular formula is C4H15BCl4O4. The molecule has 1 aliphatic heterocycles. The van der Waals surface area contributed by atoms with Gasteiger partial charge in [-0.05, 0) is 12.8 Å². The van der Waals surface area contributed by atoms with Crippen molar-refractivity contribution < 1.29 is 19.8 Å². The van der Waals surface area contributed by atoms with Gasteiger partial charge in [0.25, 0.3) is 0 Å². The van der Waals surface area contributed by atoms with E-state index in [1.54, 1.807) is 0 Å². The quantitative estimate of drug-likeness (QED) is 0.563. The van der Waals surface area contributed by atoms with Crippen LogP contribution in [0.25, 0.3) is 0 Å². The fraction of sp³-hybridized carbons (Fsp3) is 1.00. The third-order valence-electron chi connectivity index (χ3n) is 0.827. The van der Waals surface area contributed by atoms with E-state index in [2.05, 4.69) is 0 Å². The van der Waals surface area contributed by atoms with E-state index in [0.29, 0.717) is 0 Å². The van der Waals surface area contributed by atoms with E-state index in [4.69, 9.17) is 19.8 Å². The summed E-state index contributed by atoms with van der Waals surface area (Å²) in [6, 6.07) is 0. The molecule has 1 aliphatic rings. The van der Waals surface area contributed by atoms with Gasteiger partial charge in [-0.2, -0.15) is 0 Å². The molecule has 0 atom stereocenters. The molecule has 13 heavy (non-hydrogen) atoms. The van der Waals surface area contributed by atoms with Crippen molar-refractivity contribution in [2.75, 3.05) is 13.2 Å². The molecule has 0 saturated carbocycles. The molecule has 1 fully saturated rings. The standard InChI is InChI=1S/C4H8O.BH3O3.4ClH/c1-2-4-5-3-1;2-1(3)4;;;;/h1-4H2;2-4H;4*1H. The Bertz CT molecular complexity index is 55.7. The van der Waals surface area contributed by atoms with Crippen LogP contribution in [0.5, 0.6) is 0 Å². The molecule has 0 spiro atoms. The van der Waals surface area contributed by atoms with E-state index >= 15 is 0 Å². The summed E-state index contributed by atoms with van der Waals surface area (Å²) in [5, 5.41) is 21.5. The predicted molar refractivity (Wildman–Crippen MR) is 61.5 cm³/mol. The van der Waals surface area contributed by atoms with Gasteiger partial charge in [0.1, 0.15) is 0 Å². The highest BCUT2D eigenvalue weighted by Gasteiger charge is 1.94. The Labute approximate surface area is 103 Å². The van der Waals surface area contributed by atoms with Gasteiger partial charge in [0, 0.05) is 13.2 Å². The van der Waals surface area contributed by atoms with Crippen LogP contribution in [0, 0.1) is 0 Å². The van der Waals surface area contributed by atoms with Gasteiger partial charge in [0.05, 0.1) is 0 Å². The third-order valence-corrected chi connectivity index (χ3v) is 0.827. The summed E-state index contributed by atoms with van der Waals surface area (Å²) < 4.78 is 4.94. The molecule has 86 valence electrons. The van der Waals surface area contributed by atoms with E-state index < -0.39 is 7.32 Å². The van der Waals surface area contributed by atoms with E-state index in [9.17, 15) is 0 Å². The first-order valence-electron chi connectivity index (χ1n) is 2.85. The van der Waals surface area contributed by atoms with Crippen LogP contribution in [0.2, 0.25) is 0 Å². The Morgan fingerprint density at radius 2 is 1.00 bits per heavy atom. The minimum absolute atomic E-state index is 0. The zero-order valence-corrected chi connectivity index (χ0v) is 10.1. The lowest BCUT2D eigenvalue weighted by molar-refractivity contribution is 0.198. The normalized spacial score (nSPS) is 11.3. The van der Waals surface area contributed by atoms with Gasteiger partial charge in [0.15, 0.2) is 0 Å². The van der Waals surface area contributed by atoms with Gasteiger partial charge >= 0.3 is 7.32 Å². The highest BCUT2D eigenvalue weighted by atomic mass is 35.5. The second-order valence-electron chi connectivity index (χ2n) is 1.67. The van der Waals surface area contributed by atoms with Gasteiger partial charge in [0.2, 0.25) is 0 Å². The van der Waals surface area contributed by atoms with E-state index in [1.807, 2.05) is 0 Å². The fourth-order valence-corrected chi connectivity index (χ4v) is 0.510. The Morgan fingerprint density at radius 1 is 0.769 bits per heavy atom. The molecule has 1 saturated heterocycles. The predicted octanol–water partition coefficient (Wildman–Crippen LogP) is 0.432. The maximum Gasteiger partial charge on any atom is 0.631 e. The zero-order chi connectivity index (χ0) is 7.11. The Hall–Kier alpha value is 1.06. The van der Waals surface area contributed by atoms with Crippen molar-refractivity contribution in [2.45, 2.75) is 12.8 Å². The summed E-state index contributed by atoms with van der Waals surface area (Å²) in [5.41, 5.74) is 0. The molecular weight excluding hydrogens is 265 g/mol. The van der Waals surface area contributed by atoms with Crippen LogP contribution in [-0.4, -0.2) is 35.6 Å². The van der Waals surface area contributed by atoms with Crippen molar-refractivity contribution in [3.8, 4) is 0 Å². The summed E-state index contributed by atoms with van der Waals surface area (Å²) in [4.78, 5) is 0. The largest absolute Gasteiger partial charge is 0.631 e. The SMILES string of the molecule is C1CCOC1.Cl.Cl.Cl.Cl.OB(O)O. The second kappa shape index (κ2) is 23.1. The fourth-order valence-electron chi connectivity index (χ4n) is 0.510. The number of ether oxygens (including phenoxy) is 1. The topological polar surface area (TPSA) is 69.9 Å². The lowest BCUT2D eigenvalue weighted by Crippen LogP contribution is -2.07. The van der Waals surface area contributed by atoms with Gasteiger partial charge < -0.3 is 19.8 Å². The molecule has 0 radical (unpaired) electrons. The zero-order valence-electron chi connectivity index (χ0n) is 6.79. The highest BCUT2D eigenvalue weighted by molar-refractivity contribution is 6.30. The average molecular weight is 280 g/mol. The lowest BCUT2D eigenvalue weighted by atomic mass is 10.3. The summed E-state index contributed by atoms with van der Waals surface area (Å²) in [6.45, 7) is 2.00. The second-order valence-corrected chi connectivity index (χ2v) is 1.67. The summed E-state index contributed by atoms with van der Waals surface area (Å²) in [5.74, 6) is 0. The summed E-state index contributed by atoms with van der Waals surface area (Å²) in [6.07, 6.45) is 2.56. The van der Waals surface area contributed by atoms with Crippen molar-refractivity contribution in [1.82, 2.24) is 0 Å². The van der Waals surface area contributed by atoms with Crippen LogP contribution in [0.4, 0.5) is 0 Å². The first-order valence-corrected chi connectivity index (χ1v) is 2.85. The van der Waals surface area contributed by atoms with E-state index in [-0.39, 0.29) is 49.6 Å². The van der Waals surface area contributed by atoms with Crippen LogP contribution < -0.4 is 0 Å². The molecule has 0 aromatic rings. The molecule has 0 amide bonds. The number of hydrogen-bond acceptors (Lipinski definition) is 4. The molecule has 0 aliphatic carbocycles. The molecule has 1 rings (SSSR count). The van der Waals surface area contributed by atoms with Gasteiger partial charge in [-0.1, -0.05) is 0 Å². The average Bonchev–Trinajstić information content (AvgIpc) is 2.11. The van der Waals surface area contributed by atoms with Crippen LogP contribution >= 0.6 is 49.6 Å². The van der Waals surface area contributed by atoms with Gasteiger partial charge in [-0.25, -0.2) is 0 Å². The smallest absolute Gasteiger partial charge is 0.402 e. The van der Waals surface area contributed by atoms with Crippen molar-refractivity contribution in [3.63, 3.8) is 0 Å². The maximum absolute atomic E-state index is 7.17. The Kier molecular flexibility index (Phi) is 52.0. The van der Waals surface area contributed by atoms with Crippen molar-refractivity contribution in [3.05, 3.63) is 0 Å². The maximum atomic E-state index is 7.17. The van der Waals surface area contributed by atoms with Crippen LogP contribution in [0.3, 0.4) is 0 Å². The van der Waals surface area contributed by atoms with Gasteiger partial charge in [-0.3, -0.25) is 0 Å². The molecule has 0 aromatic carbocycles.